The number of hydrogen-bond donors (Lipinski definition) is 0. The van der Waals surface area contributed by atoms with Crippen LogP contribution in [0.2, 0.25) is 0 Å². The lowest BCUT2D eigenvalue weighted by Gasteiger charge is -2.32. The summed E-state index contributed by atoms with van der Waals surface area (Å²) in [5.74, 6) is 1.04. The molecule has 0 unspecified atom stereocenters. The maximum atomic E-state index is 12.2. The second-order valence-electron chi connectivity index (χ2n) is 5.40. The molecule has 21 heavy (non-hydrogen) atoms. The van der Waals surface area contributed by atoms with Crippen LogP contribution in [0.4, 0.5) is 5.82 Å². The molecule has 116 valence electrons. The first kappa shape index (κ1) is 15.5. The third-order valence-corrected chi connectivity index (χ3v) is 3.68. The van der Waals surface area contributed by atoms with Crippen molar-refractivity contribution in [3.8, 4) is 0 Å². The molecule has 1 aliphatic heterocycles. The van der Waals surface area contributed by atoms with Gasteiger partial charge in [-0.25, -0.2) is 0 Å². The number of aromatic nitrogens is 1. The van der Waals surface area contributed by atoms with Crippen molar-refractivity contribution in [1.29, 1.82) is 0 Å². The summed E-state index contributed by atoms with van der Waals surface area (Å²) in [6, 6.07) is 1.70. The normalized spacial score (nSPS) is 16.0. The molecule has 1 aliphatic rings. The van der Waals surface area contributed by atoms with Crippen LogP contribution < -0.4 is 4.90 Å². The lowest BCUT2D eigenvalue weighted by Crippen LogP contribution is -2.47. The minimum absolute atomic E-state index is 0.0783. The molecule has 0 atom stereocenters. The van der Waals surface area contributed by atoms with E-state index in [0.717, 1.165) is 26.2 Å². The topological polar surface area (TPSA) is 69.9 Å². The molecular weight excluding hydrogens is 272 g/mol. The number of carbonyl (C=O) groups excluding carboxylic acids is 2. The van der Waals surface area contributed by atoms with Crippen LogP contribution in [0.15, 0.2) is 10.6 Å². The van der Waals surface area contributed by atoms with Gasteiger partial charge in [0.2, 0.25) is 11.8 Å². The van der Waals surface area contributed by atoms with E-state index in [0.29, 0.717) is 24.5 Å². The number of likely N-dealkylation sites (N-methyl/N-ethyl adjacent to an activating group) is 1. The second kappa shape index (κ2) is 6.71. The highest BCUT2D eigenvalue weighted by Gasteiger charge is 2.21. The summed E-state index contributed by atoms with van der Waals surface area (Å²) in [4.78, 5) is 29.4. The van der Waals surface area contributed by atoms with E-state index in [-0.39, 0.29) is 11.8 Å². The standard InChI is InChI=1S/C14H22N4O3/c1-11-10-13(15-21-11)18(12(2)19)5-4-14(20)17-8-6-16(3)7-9-17/h10H,4-9H2,1-3H3. The van der Waals surface area contributed by atoms with E-state index in [2.05, 4.69) is 10.1 Å². The molecule has 0 saturated carbocycles. The summed E-state index contributed by atoms with van der Waals surface area (Å²) in [5.41, 5.74) is 0. The molecule has 0 radical (unpaired) electrons. The zero-order chi connectivity index (χ0) is 15.4. The fourth-order valence-electron chi connectivity index (χ4n) is 2.34. The number of amides is 2. The predicted molar refractivity (Wildman–Crippen MR) is 78.0 cm³/mol. The van der Waals surface area contributed by atoms with Crippen LogP contribution in [-0.4, -0.2) is 66.5 Å². The zero-order valence-electron chi connectivity index (χ0n) is 12.8. The summed E-state index contributed by atoms with van der Waals surface area (Å²) in [5, 5.41) is 3.84. The Hall–Kier alpha value is -1.89. The fourth-order valence-corrected chi connectivity index (χ4v) is 2.34. The van der Waals surface area contributed by atoms with E-state index in [1.807, 2.05) is 11.9 Å². The third kappa shape index (κ3) is 4.04. The number of piperazine rings is 1. The van der Waals surface area contributed by atoms with Crippen molar-refractivity contribution in [1.82, 2.24) is 15.0 Å². The highest BCUT2D eigenvalue weighted by Crippen LogP contribution is 2.15. The monoisotopic (exact) mass is 294 g/mol. The molecule has 2 rings (SSSR count). The Labute approximate surface area is 124 Å². The Balaban J connectivity index is 1.90. The van der Waals surface area contributed by atoms with Gasteiger partial charge in [0.25, 0.3) is 0 Å². The van der Waals surface area contributed by atoms with Crippen molar-refractivity contribution in [3.63, 3.8) is 0 Å². The minimum atomic E-state index is -0.144. The van der Waals surface area contributed by atoms with Gasteiger partial charge in [-0.05, 0) is 14.0 Å². The highest BCUT2D eigenvalue weighted by molar-refractivity contribution is 5.91. The average molecular weight is 294 g/mol. The lowest BCUT2D eigenvalue weighted by molar-refractivity contribution is -0.132. The summed E-state index contributed by atoms with van der Waals surface area (Å²) in [6.07, 6.45) is 0.301. The van der Waals surface area contributed by atoms with E-state index in [1.165, 1.54) is 11.8 Å². The molecule has 1 fully saturated rings. The highest BCUT2D eigenvalue weighted by atomic mass is 16.5. The summed E-state index contributed by atoms with van der Waals surface area (Å²) >= 11 is 0. The molecule has 0 bridgehead atoms. The van der Waals surface area contributed by atoms with E-state index < -0.39 is 0 Å². The molecular formula is C14H22N4O3. The molecule has 0 N–H and O–H groups in total. The second-order valence-corrected chi connectivity index (χ2v) is 5.40. The maximum Gasteiger partial charge on any atom is 0.225 e. The molecule has 1 saturated heterocycles. The smallest absolute Gasteiger partial charge is 0.225 e. The minimum Gasteiger partial charge on any atom is -0.360 e. The molecule has 2 amide bonds. The van der Waals surface area contributed by atoms with Crippen molar-refractivity contribution < 1.29 is 14.1 Å². The summed E-state index contributed by atoms with van der Waals surface area (Å²) in [7, 11) is 2.05. The Bertz CT molecular complexity index is 506. The van der Waals surface area contributed by atoms with Gasteiger partial charge in [0, 0.05) is 52.1 Å². The number of rotatable bonds is 4. The molecule has 0 spiro atoms. The van der Waals surface area contributed by atoms with Gasteiger partial charge < -0.3 is 14.3 Å². The Morgan fingerprint density at radius 2 is 2.00 bits per heavy atom. The Morgan fingerprint density at radius 1 is 1.33 bits per heavy atom. The van der Waals surface area contributed by atoms with Crippen molar-refractivity contribution in [3.05, 3.63) is 11.8 Å². The third-order valence-electron chi connectivity index (χ3n) is 3.68. The quantitative estimate of drug-likeness (QED) is 0.809. The van der Waals surface area contributed by atoms with Gasteiger partial charge in [-0.15, -0.1) is 0 Å². The predicted octanol–water partition coefficient (Wildman–Crippen LogP) is 0.500. The van der Waals surface area contributed by atoms with Crippen molar-refractivity contribution in [2.24, 2.45) is 0 Å². The largest absolute Gasteiger partial charge is 0.360 e. The first-order chi connectivity index (χ1) is 9.97. The van der Waals surface area contributed by atoms with Crippen LogP contribution in [0.3, 0.4) is 0 Å². The molecule has 0 aliphatic carbocycles. The molecule has 1 aromatic heterocycles. The van der Waals surface area contributed by atoms with Crippen molar-refractivity contribution in [2.45, 2.75) is 20.3 Å². The number of aryl methyl sites for hydroxylation is 1. The van der Waals surface area contributed by atoms with E-state index in [4.69, 9.17) is 4.52 Å². The fraction of sp³-hybridized carbons (Fsp3) is 0.643. The summed E-state index contributed by atoms with van der Waals surface area (Å²) < 4.78 is 4.99. The van der Waals surface area contributed by atoms with Gasteiger partial charge in [-0.3, -0.25) is 14.5 Å². The summed E-state index contributed by atoms with van der Waals surface area (Å²) in [6.45, 7) is 6.84. The van der Waals surface area contributed by atoms with E-state index in [1.54, 1.807) is 13.0 Å². The van der Waals surface area contributed by atoms with Crippen molar-refractivity contribution in [2.75, 3.05) is 44.7 Å². The zero-order valence-corrected chi connectivity index (χ0v) is 12.8. The number of hydrogen-bond acceptors (Lipinski definition) is 5. The molecule has 2 heterocycles. The van der Waals surface area contributed by atoms with Gasteiger partial charge in [-0.2, -0.15) is 0 Å². The van der Waals surface area contributed by atoms with Crippen LogP contribution in [0.5, 0.6) is 0 Å². The molecule has 7 heteroatoms. The number of anilines is 1. The first-order valence-corrected chi connectivity index (χ1v) is 7.15. The average Bonchev–Trinajstić information content (AvgIpc) is 2.85. The number of carbonyl (C=O) groups is 2. The van der Waals surface area contributed by atoms with Gasteiger partial charge in [0.15, 0.2) is 5.82 Å². The lowest BCUT2D eigenvalue weighted by atomic mass is 10.2. The van der Waals surface area contributed by atoms with Gasteiger partial charge in [-0.1, -0.05) is 5.16 Å². The van der Waals surface area contributed by atoms with Gasteiger partial charge in [0.1, 0.15) is 5.76 Å². The molecule has 0 aromatic carbocycles. The van der Waals surface area contributed by atoms with Crippen LogP contribution in [0, 0.1) is 6.92 Å². The van der Waals surface area contributed by atoms with Crippen molar-refractivity contribution >= 4 is 17.6 Å². The SMILES string of the molecule is CC(=O)N(CCC(=O)N1CCN(C)CC1)c1cc(C)on1. The number of nitrogens with zero attached hydrogens (tertiary/aromatic N) is 4. The van der Waals surface area contributed by atoms with Crippen LogP contribution in [0.1, 0.15) is 19.1 Å². The van der Waals surface area contributed by atoms with Crippen LogP contribution in [0.25, 0.3) is 0 Å². The first-order valence-electron chi connectivity index (χ1n) is 7.15. The van der Waals surface area contributed by atoms with Gasteiger partial charge in [0.05, 0.1) is 0 Å². The van der Waals surface area contributed by atoms with E-state index >= 15 is 0 Å². The molecule has 1 aromatic rings. The maximum absolute atomic E-state index is 12.2. The van der Waals surface area contributed by atoms with Gasteiger partial charge >= 0.3 is 0 Å². The Kier molecular flexibility index (Phi) is 4.95. The van der Waals surface area contributed by atoms with Crippen LogP contribution >= 0.6 is 0 Å². The van der Waals surface area contributed by atoms with Crippen LogP contribution in [-0.2, 0) is 9.59 Å². The van der Waals surface area contributed by atoms with E-state index in [9.17, 15) is 9.59 Å². The Morgan fingerprint density at radius 3 is 2.52 bits per heavy atom. The molecule has 7 nitrogen and oxygen atoms in total.